The van der Waals surface area contributed by atoms with Crippen LogP contribution in [0.25, 0.3) is 22.4 Å². The monoisotopic (exact) mass is 315 g/mol. The van der Waals surface area contributed by atoms with Crippen molar-refractivity contribution in [2.75, 3.05) is 18.0 Å². The summed E-state index contributed by atoms with van der Waals surface area (Å²) in [5.74, 6) is 1.59. The van der Waals surface area contributed by atoms with E-state index in [1.165, 1.54) is 0 Å². The van der Waals surface area contributed by atoms with Gasteiger partial charge in [0.1, 0.15) is 11.5 Å². The first-order chi connectivity index (χ1) is 11.8. The maximum Gasteiger partial charge on any atom is 0.180 e. The van der Waals surface area contributed by atoms with Crippen molar-refractivity contribution < 1.29 is 0 Å². The molecule has 1 atom stereocenters. The van der Waals surface area contributed by atoms with Crippen LogP contribution in [0.2, 0.25) is 0 Å². The van der Waals surface area contributed by atoms with Crippen molar-refractivity contribution in [2.24, 2.45) is 5.92 Å². The summed E-state index contributed by atoms with van der Waals surface area (Å²) in [5.41, 5.74) is 1.67. The maximum atomic E-state index is 9.28. The third kappa shape index (κ3) is 2.67. The van der Waals surface area contributed by atoms with E-state index >= 15 is 0 Å². The maximum absolute atomic E-state index is 9.28. The summed E-state index contributed by atoms with van der Waals surface area (Å²) in [4.78, 5) is 16.1. The van der Waals surface area contributed by atoms with Crippen molar-refractivity contribution in [1.82, 2.24) is 15.0 Å². The molecule has 24 heavy (non-hydrogen) atoms. The first-order valence-electron chi connectivity index (χ1n) is 8.18. The number of anilines is 1. The molecule has 1 aromatic carbocycles. The van der Waals surface area contributed by atoms with Crippen molar-refractivity contribution in [2.45, 2.75) is 12.8 Å². The minimum Gasteiger partial charge on any atom is -0.355 e. The smallest absolute Gasteiger partial charge is 0.180 e. The molecule has 3 aromatic rings. The first kappa shape index (κ1) is 14.6. The van der Waals surface area contributed by atoms with Gasteiger partial charge in [-0.1, -0.05) is 18.2 Å². The van der Waals surface area contributed by atoms with E-state index in [1.54, 1.807) is 6.20 Å². The number of hydrogen-bond donors (Lipinski definition) is 0. The third-order valence-corrected chi connectivity index (χ3v) is 4.38. The van der Waals surface area contributed by atoms with Crippen LogP contribution in [0, 0.1) is 17.2 Å². The van der Waals surface area contributed by atoms with E-state index in [0.717, 1.165) is 48.3 Å². The Hall–Kier alpha value is -3.00. The average Bonchev–Trinajstić information content (AvgIpc) is 2.68. The van der Waals surface area contributed by atoms with Crippen LogP contribution in [-0.2, 0) is 0 Å². The van der Waals surface area contributed by atoms with E-state index in [1.807, 2.05) is 42.5 Å². The van der Waals surface area contributed by atoms with Gasteiger partial charge in [0.15, 0.2) is 5.82 Å². The number of aromatic nitrogens is 3. The number of piperidine rings is 1. The van der Waals surface area contributed by atoms with Gasteiger partial charge in [-0.15, -0.1) is 0 Å². The van der Waals surface area contributed by atoms with Gasteiger partial charge in [-0.3, -0.25) is 4.98 Å². The normalized spacial score (nSPS) is 17.6. The Kier molecular flexibility index (Phi) is 3.80. The van der Waals surface area contributed by atoms with E-state index in [9.17, 15) is 5.26 Å². The Morgan fingerprint density at radius 2 is 1.96 bits per heavy atom. The van der Waals surface area contributed by atoms with Gasteiger partial charge in [0.25, 0.3) is 0 Å². The lowest BCUT2D eigenvalue weighted by Gasteiger charge is -2.31. The second-order valence-corrected chi connectivity index (χ2v) is 6.02. The standard InChI is InChI=1S/C19H17N5/c20-12-14-6-5-11-24(13-14)19-15-7-1-2-8-16(15)22-18(23-19)17-9-3-4-10-21-17/h1-4,7-10,14H,5-6,11,13H2. The van der Waals surface area contributed by atoms with E-state index in [0.29, 0.717) is 5.82 Å². The minimum atomic E-state index is 0.0609. The quantitative estimate of drug-likeness (QED) is 0.725. The molecule has 4 rings (SSSR count). The molecule has 1 unspecified atom stereocenters. The van der Waals surface area contributed by atoms with E-state index in [4.69, 9.17) is 4.98 Å². The summed E-state index contributed by atoms with van der Waals surface area (Å²) in [6.07, 6.45) is 3.72. The highest BCUT2D eigenvalue weighted by atomic mass is 15.2. The zero-order valence-electron chi connectivity index (χ0n) is 13.3. The lowest BCUT2D eigenvalue weighted by Crippen LogP contribution is -2.35. The number of para-hydroxylation sites is 1. The van der Waals surface area contributed by atoms with Gasteiger partial charge in [0.05, 0.1) is 17.5 Å². The molecule has 0 N–H and O–H groups in total. The second kappa shape index (κ2) is 6.25. The van der Waals surface area contributed by atoms with E-state index < -0.39 is 0 Å². The van der Waals surface area contributed by atoms with Crippen molar-refractivity contribution in [3.63, 3.8) is 0 Å². The Labute approximate surface area is 140 Å². The molecule has 0 spiro atoms. The predicted molar refractivity (Wildman–Crippen MR) is 93.3 cm³/mol. The number of fused-ring (bicyclic) bond motifs is 1. The molecule has 5 nitrogen and oxygen atoms in total. The fraction of sp³-hybridized carbons (Fsp3) is 0.263. The number of nitrogens with zero attached hydrogens (tertiary/aromatic N) is 5. The molecule has 5 heteroatoms. The van der Waals surface area contributed by atoms with Gasteiger partial charge in [0, 0.05) is 24.7 Å². The van der Waals surface area contributed by atoms with Gasteiger partial charge in [-0.2, -0.15) is 5.26 Å². The number of pyridine rings is 1. The summed E-state index contributed by atoms with van der Waals surface area (Å²) in [6, 6.07) is 16.2. The summed E-state index contributed by atoms with van der Waals surface area (Å²) >= 11 is 0. The van der Waals surface area contributed by atoms with Crippen LogP contribution < -0.4 is 4.90 Å². The summed E-state index contributed by atoms with van der Waals surface area (Å²) < 4.78 is 0. The number of benzene rings is 1. The minimum absolute atomic E-state index is 0.0609. The average molecular weight is 315 g/mol. The Balaban J connectivity index is 1.85. The lowest BCUT2D eigenvalue weighted by atomic mass is 9.99. The van der Waals surface area contributed by atoms with Crippen molar-refractivity contribution in [3.8, 4) is 17.6 Å². The van der Waals surface area contributed by atoms with Crippen LogP contribution in [0.1, 0.15) is 12.8 Å². The van der Waals surface area contributed by atoms with Gasteiger partial charge in [-0.05, 0) is 37.1 Å². The Morgan fingerprint density at radius 3 is 2.79 bits per heavy atom. The Bertz CT molecular complexity index is 901. The van der Waals surface area contributed by atoms with Gasteiger partial charge in [0.2, 0.25) is 0 Å². The third-order valence-electron chi connectivity index (χ3n) is 4.38. The van der Waals surface area contributed by atoms with Gasteiger partial charge in [-0.25, -0.2) is 9.97 Å². The number of rotatable bonds is 2. The highest BCUT2D eigenvalue weighted by Crippen LogP contribution is 2.29. The molecule has 0 aliphatic carbocycles. The van der Waals surface area contributed by atoms with E-state index in [2.05, 4.69) is 20.9 Å². The highest BCUT2D eigenvalue weighted by Gasteiger charge is 2.23. The SMILES string of the molecule is N#CC1CCCN(c2nc(-c3ccccn3)nc3ccccc23)C1. The van der Waals surface area contributed by atoms with Gasteiger partial charge >= 0.3 is 0 Å². The fourth-order valence-electron chi connectivity index (χ4n) is 3.19. The second-order valence-electron chi connectivity index (χ2n) is 6.02. The molecule has 0 bridgehead atoms. The van der Waals surface area contributed by atoms with Crippen LogP contribution in [-0.4, -0.2) is 28.0 Å². The molecule has 0 amide bonds. The summed E-state index contributed by atoms with van der Waals surface area (Å²) in [7, 11) is 0. The van der Waals surface area contributed by atoms with Crippen LogP contribution >= 0.6 is 0 Å². The van der Waals surface area contributed by atoms with E-state index in [-0.39, 0.29) is 5.92 Å². The molecule has 1 aliphatic heterocycles. The summed E-state index contributed by atoms with van der Waals surface area (Å²) in [6.45, 7) is 1.64. The van der Waals surface area contributed by atoms with Crippen molar-refractivity contribution >= 4 is 16.7 Å². The molecule has 1 saturated heterocycles. The Morgan fingerprint density at radius 1 is 1.08 bits per heavy atom. The molecule has 1 aliphatic rings. The molecular weight excluding hydrogens is 298 g/mol. The molecule has 0 radical (unpaired) electrons. The summed E-state index contributed by atoms with van der Waals surface area (Å²) in [5, 5.41) is 10.3. The van der Waals surface area contributed by atoms with Crippen LogP contribution in [0.15, 0.2) is 48.7 Å². The molecular formula is C19H17N5. The van der Waals surface area contributed by atoms with Crippen LogP contribution in [0.4, 0.5) is 5.82 Å². The molecule has 0 saturated carbocycles. The number of hydrogen-bond acceptors (Lipinski definition) is 5. The fourth-order valence-corrected chi connectivity index (χ4v) is 3.19. The highest BCUT2D eigenvalue weighted by molar-refractivity contribution is 5.91. The van der Waals surface area contributed by atoms with Crippen LogP contribution in [0.5, 0.6) is 0 Å². The predicted octanol–water partition coefficient (Wildman–Crippen LogP) is 3.43. The topological polar surface area (TPSA) is 65.7 Å². The molecule has 1 fully saturated rings. The lowest BCUT2D eigenvalue weighted by molar-refractivity contribution is 0.491. The van der Waals surface area contributed by atoms with Crippen LogP contribution in [0.3, 0.4) is 0 Å². The molecule has 3 heterocycles. The molecule has 2 aromatic heterocycles. The van der Waals surface area contributed by atoms with Crippen molar-refractivity contribution in [1.29, 1.82) is 5.26 Å². The molecule has 118 valence electrons. The number of nitriles is 1. The van der Waals surface area contributed by atoms with Crippen molar-refractivity contribution in [3.05, 3.63) is 48.7 Å². The zero-order chi connectivity index (χ0) is 16.4. The largest absolute Gasteiger partial charge is 0.355 e. The van der Waals surface area contributed by atoms with Gasteiger partial charge < -0.3 is 4.90 Å². The first-order valence-corrected chi connectivity index (χ1v) is 8.18. The zero-order valence-corrected chi connectivity index (χ0v) is 13.3.